The number of alkyl halides is 1. The average molecular weight is 425 g/mol. The second kappa shape index (κ2) is 7.47. The fraction of sp³-hybridized carbons (Fsp3) is 0.875. The SMILES string of the molecule is CC(I)C(=O)OCCOC(=O)C1CC(C)(C)N(C)C(C)(C)C1. The molecule has 0 bridgehead atoms. The molecule has 0 N–H and O–H groups in total. The molecule has 1 rings (SSSR count). The normalized spacial score (nSPS) is 22.9. The van der Waals surface area contributed by atoms with Crippen molar-refractivity contribution in [3.8, 4) is 0 Å². The van der Waals surface area contributed by atoms with Gasteiger partial charge in [-0.25, -0.2) is 0 Å². The zero-order valence-electron chi connectivity index (χ0n) is 14.4. The molecule has 0 aliphatic carbocycles. The number of piperidine rings is 1. The summed E-state index contributed by atoms with van der Waals surface area (Å²) in [5, 5.41) is 0. The van der Waals surface area contributed by atoms with Crippen LogP contribution in [-0.4, -0.2) is 52.1 Å². The number of likely N-dealkylation sites (tertiary alicyclic amines) is 1. The van der Waals surface area contributed by atoms with Gasteiger partial charge in [0.1, 0.15) is 17.1 Å². The summed E-state index contributed by atoms with van der Waals surface area (Å²) in [5.74, 6) is -0.577. The van der Waals surface area contributed by atoms with Crippen LogP contribution in [0.1, 0.15) is 47.5 Å². The summed E-state index contributed by atoms with van der Waals surface area (Å²) in [6.45, 7) is 10.6. The van der Waals surface area contributed by atoms with E-state index < -0.39 is 0 Å². The molecule has 0 aromatic heterocycles. The third kappa shape index (κ3) is 5.08. The van der Waals surface area contributed by atoms with Crippen molar-refractivity contribution in [1.82, 2.24) is 4.90 Å². The van der Waals surface area contributed by atoms with Crippen molar-refractivity contribution < 1.29 is 19.1 Å². The molecule has 0 amide bonds. The summed E-state index contributed by atoms with van der Waals surface area (Å²) in [7, 11) is 2.10. The van der Waals surface area contributed by atoms with Gasteiger partial charge in [-0.15, -0.1) is 0 Å². The van der Waals surface area contributed by atoms with E-state index in [1.807, 2.05) is 22.6 Å². The maximum absolute atomic E-state index is 12.3. The Morgan fingerprint density at radius 1 is 1.14 bits per heavy atom. The topological polar surface area (TPSA) is 55.8 Å². The predicted octanol–water partition coefficient (Wildman–Crippen LogP) is 2.80. The smallest absolute Gasteiger partial charge is 0.318 e. The number of nitrogens with zero attached hydrogens (tertiary/aromatic N) is 1. The molecule has 0 spiro atoms. The third-order valence-corrected chi connectivity index (χ3v) is 5.05. The Labute approximate surface area is 147 Å². The van der Waals surface area contributed by atoms with Gasteiger partial charge in [0, 0.05) is 11.1 Å². The van der Waals surface area contributed by atoms with Crippen molar-refractivity contribution in [3.05, 3.63) is 0 Å². The van der Waals surface area contributed by atoms with E-state index in [-0.39, 0.29) is 46.1 Å². The van der Waals surface area contributed by atoms with Gasteiger partial charge < -0.3 is 9.47 Å². The maximum Gasteiger partial charge on any atom is 0.318 e. The fourth-order valence-electron chi connectivity index (χ4n) is 3.06. The number of hydrogen-bond acceptors (Lipinski definition) is 5. The molecule has 6 heteroatoms. The van der Waals surface area contributed by atoms with Gasteiger partial charge in [0.05, 0.1) is 5.92 Å². The molecule has 1 aliphatic heterocycles. The largest absolute Gasteiger partial charge is 0.462 e. The van der Waals surface area contributed by atoms with E-state index in [9.17, 15) is 9.59 Å². The summed E-state index contributed by atoms with van der Waals surface area (Å²) < 4.78 is 10.1. The molecule has 128 valence electrons. The number of halogens is 1. The van der Waals surface area contributed by atoms with Crippen molar-refractivity contribution in [2.45, 2.75) is 62.5 Å². The Kier molecular flexibility index (Phi) is 6.68. The standard InChI is InChI=1S/C16H28INO4/c1-11(17)13(19)21-7-8-22-14(20)12-9-15(2,3)18(6)16(4,5)10-12/h11-12H,7-10H2,1-6H3. The van der Waals surface area contributed by atoms with E-state index in [1.165, 1.54) is 0 Å². The predicted molar refractivity (Wildman–Crippen MR) is 94.0 cm³/mol. The van der Waals surface area contributed by atoms with E-state index in [0.29, 0.717) is 0 Å². The first kappa shape index (κ1) is 19.7. The molecule has 0 aromatic rings. The fourth-order valence-corrected chi connectivity index (χ4v) is 3.24. The van der Waals surface area contributed by atoms with Crippen LogP contribution in [0.25, 0.3) is 0 Å². The van der Waals surface area contributed by atoms with Crippen molar-refractivity contribution >= 4 is 34.5 Å². The highest BCUT2D eigenvalue weighted by Gasteiger charge is 2.45. The van der Waals surface area contributed by atoms with Crippen molar-refractivity contribution in [2.24, 2.45) is 5.92 Å². The number of esters is 2. The highest BCUT2D eigenvalue weighted by atomic mass is 127. The van der Waals surface area contributed by atoms with Crippen LogP contribution >= 0.6 is 22.6 Å². The van der Waals surface area contributed by atoms with Gasteiger partial charge in [0.25, 0.3) is 0 Å². The summed E-state index contributed by atoms with van der Waals surface area (Å²) in [4.78, 5) is 25.9. The summed E-state index contributed by atoms with van der Waals surface area (Å²) in [6, 6.07) is 0. The minimum Gasteiger partial charge on any atom is -0.462 e. The first-order valence-electron chi connectivity index (χ1n) is 7.68. The number of carbonyl (C=O) groups excluding carboxylic acids is 2. The zero-order valence-corrected chi connectivity index (χ0v) is 16.6. The number of rotatable bonds is 5. The Bertz CT molecular complexity index is 402. The van der Waals surface area contributed by atoms with Gasteiger partial charge in [-0.1, -0.05) is 22.6 Å². The molecular weight excluding hydrogens is 397 g/mol. The van der Waals surface area contributed by atoms with Crippen LogP contribution in [0, 0.1) is 5.92 Å². The molecule has 1 saturated heterocycles. The number of hydrogen-bond donors (Lipinski definition) is 0. The molecule has 22 heavy (non-hydrogen) atoms. The van der Waals surface area contributed by atoms with Crippen molar-refractivity contribution in [1.29, 1.82) is 0 Å². The van der Waals surface area contributed by atoms with Crippen LogP contribution < -0.4 is 0 Å². The van der Waals surface area contributed by atoms with Crippen molar-refractivity contribution in [2.75, 3.05) is 20.3 Å². The minimum absolute atomic E-state index is 0.0471. The lowest BCUT2D eigenvalue weighted by Gasteiger charge is -2.53. The van der Waals surface area contributed by atoms with Gasteiger partial charge in [-0.3, -0.25) is 14.5 Å². The van der Waals surface area contributed by atoms with Crippen LogP contribution in [0.3, 0.4) is 0 Å². The van der Waals surface area contributed by atoms with Crippen LogP contribution in [-0.2, 0) is 19.1 Å². The Balaban J connectivity index is 2.48. The molecule has 0 saturated carbocycles. The van der Waals surface area contributed by atoms with Gasteiger partial charge in [0.15, 0.2) is 0 Å². The summed E-state index contributed by atoms with van der Waals surface area (Å²) in [6.07, 6.45) is 1.55. The van der Waals surface area contributed by atoms with E-state index in [2.05, 4.69) is 39.6 Å². The van der Waals surface area contributed by atoms with Crippen LogP contribution in [0.2, 0.25) is 0 Å². The quantitative estimate of drug-likeness (QED) is 0.294. The van der Waals surface area contributed by atoms with Crippen molar-refractivity contribution in [3.63, 3.8) is 0 Å². The molecule has 1 heterocycles. The van der Waals surface area contributed by atoms with E-state index in [1.54, 1.807) is 6.92 Å². The Hall–Kier alpha value is -0.370. The second-order valence-electron chi connectivity index (χ2n) is 7.24. The molecular formula is C16H28INO4. The van der Waals surface area contributed by atoms with Gasteiger partial charge in [-0.05, 0) is 54.5 Å². The Morgan fingerprint density at radius 3 is 2.05 bits per heavy atom. The van der Waals surface area contributed by atoms with Gasteiger partial charge in [0.2, 0.25) is 0 Å². The molecule has 0 radical (unpaired) electrons. The number of ether oxygens (including phenoxy) is 2. The zero-order chi connectivity index (χ0) is 17.1. The highest BCUT2D eigenvalue weighted by Crippen LogP contribution is 2.40. The lowest BCUT2D eigenvalue weighted by Crippen LogP contribution is -2.59. The average Bonchev–Trinajstić information content (AvgIpc) is 2.39. The first-order chi connectivity index (χ1) is 9.97. The molecule has 1 atom stereocenters. The van der Waals surface area contributed by atoms with E-state index in [0.717, 1.165) is 12.8 Å². The maximum atomic E-state index is 12.3. The van der Waals surface area contributed by atoms with E-state index in [4.69, 9.17) is 9.47 Å². The minimum atomic E-state index is -0.279. The summed E-state index contributed by atoms with van der Waals surface area (Å²) in [5.41, 5.74) is -0.0942. The highest BCUT2D eigenvalue weighted by molar-refractivity contribution is 14.1. The van der Waals surface area contributed by atoms with Crippen LogP contribution in [0.15, 0.2) is 0 Å². The Morgan fingerprint density at radius 2 is 1.59 bits per heavy atom. The lowest BCUT2D eigenvalue weighted by atomic mass is 9.74. The monoisotopic (exact) mass is 425 g/mol. The molecule has 1 unspecified atom stereocenters. The van der Waals surface area contributed by atoms with Gasteiger partial charge >= 0.3 is 11.9 Å². The molecule has 0 aromatic carbocycles. The number of carbonyl (C=O) groups is 2. The second-order valence-corrected chi connectivity index (χ2v) is 9.11. The van der Waals surface area contributed by atoms with Crippen LogP contribution in [0.5, 0.6) is 0 Å². The molecule has 5 nitrogen and oxygen atoms in total. The van der Waals surface area contributed by atoms with Gasteiger partial charge in [-0.2, -0.15) is 0 Å². The molecule has 1 aliphatic rings. The summed E-state index contributed by atoms with van der Waals surface area (Å²) >= 11 is 1.99. The lowest BCUT2D eigenvalue weighted by molar-refractivity contribution is -0.160. The van der Waals surface area contributed by atoms with Crippen LogP contribution in [0.4, 0.5) is 0 Å². The third-order valence-electron chi connectivity index (χ3n) is 4.54. The molecule has 1 fully saturated rings. The van der Waals surface area contributed by atoms with E-state index >= 15 is 0 Å². The first-order valence-corrected chi connectivity index (χ1v) is 8.93.